The van der Waals surface area contributed by atoms with E-state index in [0.717, 1.165) is 11.1 Å². The molecule has 0 N–H and O–H groups in total. The zero-order chi connectivity index (χ0) is 16.7. The summed E-state index contributed by atoms with van der Waals surface area (Å²) in [5.74, 6) is -0.844. The number of hydrogen-bond acceptors (Lipinski definition) is 3. The van der Waals surface area contributed by atoms with E-state index in [2.05, 4.69) is 4.74 Å². The maximum atomic E-state index is 14.6. The fourth-order valence-corrected chi connectivity index (χ4v) is 2.55. The summed E-state index contributed by atoms with van der Waals surface area (Å²) in [6.45, 7) is 2.36. The van der Waals surface area contributed by atoms with E-state index < -0.39 is 11.6 Å². The molecule has 2 aromatic rings. The van der Waals surface area contributed by atoms with Crippen LogP contribution >= 0.6 is 0 Å². The molecule has 0 saturated carbocycles. The fourth-order valence-electron chi connectivity index (χ4n) is 2.55. The highest BCUT2D eigenvalue weighted by atomic mass is 19.1. The van der Waals surface area contributed by atoms with Crippen molar-refractivity contribution in [2.75, 3.05) is 13.7 Å². The van der Waals surface area contributed by atoms with Crippen LogP contribution in [-0.4, -0.2) is 30.2 Å². The fraction of sp³-hybridized carbons (Fsp3) is 0.316. The Morgan fingerprint density at radius 1 is 1.00 bits per heavy atom. The van der Waals surface area contributed by atoms with E-state index in [9.17, 15) is 9.18 Å². The summed E-state index contributed by atoms with van der Waals surface area (Å²) in [6.07, 6.45) is 0. The zero-order valence-corrected chi connectivity index (χ0v) is 13.5. The third kappa shape index (κ3) is 5.18. The normalized spacial score (nSPS) is 13.6. The molecule has 1 atom stereocenters. The second-order valence-electron chi connectivity index (χ2n) is 5.81. The van der Waals surface area contributed by atoms with Crippen LogP contribution in [0.2, 0.25) is 0 Å². The van der Waals surface area contributed by atoms with Gasteiger partial charge in [0.1, 0.15) is 0 Å². The van der Waals surface area contributed by atoms with Crippen LogP contribution in [0, 0.1) is 0 Å². The first kappa shape index (κ1) is 17.2. The summed E-state index contributed by atoms with van der Waals surface area (Å²) in [6, 6.07) is 19.7. The number of rotatable bonds is 7. The van der Waals surface area contributed by atoms with Crippen molar-refractivity contribution in [1.82, 2.24) is 4.90 Å². The van der Waals surface area contributed by atoms with Crippen molar-refractivity contribution in [3.8, 4) is 0 Å². The van der Waals surface area contributed by atoms with Crippen LogP contribution in [0.4, 0.5) is 4.39 Å². The van der Waals surface area contributed by atoms with Gasteiger partial charge < -0.3 is 4.74 Å². The number of alkyl halides is 1. The van der Waals surface area contributed by atoms with Gasteiger partial charge in [0.2, 0.25) is 5.67 Å². The molecule has 0 unspecified atom stereocenters. The first-order valence-corrected chi connectivity index (χ1v) is 7.59. The minimum Gasteiger partial charge on any atom is -0.467 e. The number of carbonyl (C=O) groups is 1. The van der Waals surface area contributed by atoms with Crippen molar-refractivity contribution in [1.29, 1.82) is 0 Å². The Bertz CT molecular complexity index is 572. The molecule has 0 saturated heterocycles. The molecule has 122 valence electrons. The molecule has 2 rings (SSSR count). The van der Waals surface area contributed by atoms with Gasteiger partial charge in [-0.2, -0.15) is 0 Å². The molecule has 0 aromatic heterocycles. The Morgan fingerprint density at radius 2 is 1.43 bits per heavy atom. The molecule has 4 heteroatoms. The molecule has 0 aliphatic rings. The van der Waals surface area contributed by atoms with Gasteiger partial charge in [-0.05, 0) is 18.1 Å². The van der Waals surface area contributed by atoms with Crippen molar-refractivity contribution in [2.24, 2.45) is 0 Å². The van der Waals surface area contributed by atoms with Crippen LogP contribution in [0.25, 0.3) is 0 Å². The Hall–Kier alpha value is -2.20. The van der Waals surface area contributed by atoms with E-state index in [1.54, 1.807) is 0 Å². The highest BCUT2D eigenvalue weighted by Gasteiger charge is 2.36. The molecule has 0 spiro atoms. The smallest absolute Gasteiger partial charge is 0.344 e. The van der Waals surface area contributed by atoms with Gasteiger partial charge in [0.25, 0.3) is 0 Å². The van der Waals surface area contributed by atoms with Crippen LogP contribution in [0.5, 0.6) is 0 Å². The minimum atomic E-state index is -2.04. The number of ether oxygens (including phenoxy) is 1. The van der Waals surface area contributed by atoms with Crippen LogP contribution in [0.3, 0.4) is 0 Å². The van der Waals surface area contributed by atoms with E-state index in [-0.39, 0.29) is 6.54 Å². The Kier molecular flexibility index (Phi) is 5.88. The quantitative estimate of drug-likeness (QED) is 0.731. The average molecular weight is 315 g/mol. The average Bonchev–Trinajstić information content (AvgIpc) is 2.55. The summed E-state index contributed by atoms with van der Waals surface area (Å²) in [4.78, 5) is 13.6. The van der Waals surface area contributed by atoms with Crippen molar-refractivity contribution in [3.63, 3.8) is 0 Å². The summed E-state index contributed by atoms with van der Waals surface area (Å²) in [7, 11) is 1.21. The van der Waals surface area contributed by atoms with Crippen molar-refractivity contribution in [2.45, 2.75) is 25.7 Å². The summed E-state index contributed by atoms with van der Waals surface area (Å²) in [5, 5.41) is 0. The first-order chi connectivity index (χ1) is 11.0. The van der Waals surface area contributed by atoms with E-state index in [0.29, 0.717) is 13.1 Å². The molecule has 23 heavy (non-hydrogen) atoms. The maximum Gasteiger partial charge on any atom is 0.344 e. The zero-order valence-electron chi connectivity index (χ0n) is 13.5. The minimum absolute atomic E-state index is 0.0243. The number of halogens is 1. The summed E-state index contributed by atoms with van der Waals surface area (Å²) >= 11 is 0. The Labute approximate surface area is 136 Å². The van der Waals surface area contributed by atoms with E-state index in [4.69, 9.17) is 0 Å². The van der Waals surface area contributed by atoms with Gasteiger partial charge in [-0.1, -0.05) is 60.7 Å². The lowest BCUT2D eigenvalue weighted by Gasteiger charge is -2.28. The van der Waals surface area contributed by atoms with Crippen LogP contribution in [0.1, 0.15) is 18.1 Å². The third-order valence-electron chi connectivity index (χ3n) is 3.63. The molecular formula is C19H22FNO2. The number of benzene rings is 2. The molecule has 2 aromatic carbocycles. The van der Waals surface area contributed by atoms with Crippen LogP contribution in [0.15, 0.2) is 60.7 Å². The number of methoxy groups -OCH3 is 1. The van der Waals surface area contributed by atoms with Crippen molar-refractivity contribution < 1.29 is 13.9 Å². The molecule has 0 heterocycles. The lowest BCUT2D eigenvalue weighted by atomic mass is 10.1. The van der Waals surface area contributed by atoms with E-state index >= 15 is 0 Å². The first-order valence-electron chi connectivity index (χ1n) is 7.59. The summed E-state index contributed by atoms with van der Waals surface area (Å²) < 4.78 is 19.2. The predicted molar refractivity (Wildman–Crippen MR) is 88.5 cm³/mol. The number of carbonyl (C=O) groups excluding carboxylic acids is 1. The van der Waals surface area contributed by atoms with Gasteiger partial charge >= 0.3 is 5.97 Å². The molecule has 0 bridgehead atoms. The lowest BCUT2D eigenvalue weighted by molar-refractivity contribution is -0.155. The third-order valence-corrected chi connectivity index (χ3v) is 3.63. The number of hydrogen-bond donors (Lipinski definition) is 0. The summed E-state index contributed by atoms with van der Waals surface area (Å²) in [5.41, 5.74) is 0.103. The number of nitrogens with zero attached hydrogens (tertiary/aromatic N) is 1. The van der Waals surface area contributed by atoms with E-state index in [1.165, 1.54) is 14.0 Å². The van der Waals surface area contributed by atoms with Gasteiger partial charge in [0.15, 0.2) is 0 Å². The van der Waals surface area contributed by atoms with Crippen molar-refractivity contribution in [3.05, 3.63) is 71.8 Å². The van der Waals surface area contributed by atoms with Crippen LogP contribution < -0.4 is 0 Å². The molecule has 3 nitrogen and oxygen atoms in total. The molecule has 0 radical (unpaired) electrons. The largest absolute Gasteiger partial charge is 0.467 e. The second-order valence-corrected chi connectivity index (χ2v) is 5.81. The van der Waals surface area contributed by atoms with Gasteiger partial charge in [-0.3, -0.25) is 4.90 Å². The SMILES string of the molecule is COC(=O)[C@](C)(F)CN(Cc1ccccc1)Cc1ccccc1. The van der Waals surface area contributed by atoms with Crippen molar-refractivity contribution >= 4 is 5.97 Å². The highest BCUT2D eigenvalue weighted by Crippen LogP contribution is 2.18. The molecule has 0 aliphatic carbocycles. The topological polar surface area (TPSA) is 29.5 Å². The van der Waals surface area contributed by atoms with Gasteiger partial charge in [-0.15, -0.1) is 0 Å². The molecule has 0 aliphatic heterocycles. The Balaban J connectivity index is 2.15. The van der Waals surface area contributed by atoms with E-state index in [1.807, 2.05) is 65.6 Å². The van der Waals surface area contributed by atoms with Gasteiger partial charge in [0, 0.05) is 19.6 Å². The maximum absolute atomic E-state index is 14.6. The monoisotopic (exact) mass is 315 g/mol. The second kappa shape index (κ2) is 7.88. The number of esters is 1. The standard InChI is InChI=1S/C19H22FNO2/c1-19(20,18(22)23-2)15-21(13-16-9-5-3-6-10-16)14-17-11-7-4-8-12-17/h3-12H,13-15H2,1-2H3/t19-/m1/s1. The van der Waals surface area contributed by atoms with Crippen LogP contribution in [-0.2, 0) is 22.6 Å². The molecule has 0 fully saturated rings. The Morgan fingerprint density at radius 3 is 1.83 bits per heavy atom. The highest BCUT2D eigenvalue weighted by molar-refractivity contribution is 5.79. The van der Waals surface area contributed by atoms with Gasteiger partial charge in [-0.25, -0.2) is 9.18 Å². The molecular weight excluding hydrogens is 293 g/mol. The molecule has 0 amide bonds. The van der Waals surface area contributed by atoms with Gasteiger partial charge in [0.05, 0.1) is 7.11 Å². The predicted octanol–water partition coefficient (Wildman–Crippen LogP) is 3.59. The lowest BCUT2D eigenvalue weighted by Crippen LogP contribution is -2.43.